The predicted octanol–water partition coefficient (Wildman–Crippen LogP) is 0.141. The molecule has 94 valence electrons. The Morgan fingerprint density at radius 3 is 2.33 bits per heavy atom. The second kappa shape index (κ2) is 6.09. The van der Waals surface area contributed by atoms with Crippen LogP contribution in [-0.4, -0.2) is 14.2 Å². The maximum atomic E-state index is 5.41. The van der Waals surface area contributed by atoms with Crippen molar-refractivity contribution in [2.24, 2.45) is 0 Å². The van der Waals surface area contributed by atoms with Gasteiger partial charge in [0.2, 0.25) is 3.57 Å². The molecule has 0 unspecified atom stereocenters. The summed E-state index contributed by atoms with van der Waals surface area (Å²) in [4.78, 5) is 0. The molecule has 0 aliphatic rings. The van der Waals surface area contributed by atoms with Gasteiger partial charge in [-0.1, -0.05) is 12.1 Å². The first-order valence-electron chi connectivity index (χ1n) is 5.67. The number of aryl methyl sites for hydroxylation is 1. The van der Waals surface area contributed by atoms with E-state index in [0.717, 1.165) is 11.5 Å². The summed E-state index contributed by atoms with van der Waals surface area (Å²) in [7, 11) is 3.42. The van der Waals surface area contributed by atoms with Crippen LogP contribution >= 0.6 is 0 Å². The van der Waals surface area contributed by atoms with Crippen LogP contribution in [0.3, 0.4) is 0 Å². The molecule has 2 rings (SSSR count). The summed E-state index contributed by atoms with van der Waals surface area (Å²) in [5.74, 6) is 1.90. The summed E-state index contributed by atoms with van der Waals surface area (Å²) in [6, 6.07) is 14.5. The van der Waals surface area contributed by atoms with Crippen molar-refractivity contribution in [2.45, 2.75) is 6.92 Å². The van der Waals surface area contributed by atoms with Gasteiger partial charge in [0.05, 0.1) is 14.2 Å². The van der Waals surface area contributed by atoms with Crippen molar-refractivity contribution in [3.8, 4) is 11.5 Å². The van der Waals surface area contributed by atoms with Crippen molar-refractivity contribution in [3.63, 3.8) is 0 Å². The van der Waals surface area contributed by atoms with Gasteiger partial charge in [-0.15, -0.1) is 0 Å². The maximum absolute atomic E-state index is 5.41. The van der Waals surface area contributed by atoms with E-state index in [1.807, 2.05) is 18.2 Å². The number of para-hydroxylation sites is 1. The molecule has 0 fully saturated rings. The minimum atomic E-state index is -0.220. The highest BCUT2D eigenvalue weighted by molar-refractivity contribution is 5.27. The lowest BCUT2D eigenvalue weighted by Gasteiger charge is -2.01. The van der Waals surface area contributed by atoms with E-state index >= 15 is 0 Å². The molecule has 0 bridgehead atoms. The smallest absolute Gasteiger partial charge is 0.362 e. The van der Waals surface area contributed by atoms with Gasteiger partial charge in [0.1, 0.15) is 5.75 Å². The maximum Gasteiger partial charge on any atom is 0.362 e. The largest absolute Gasteiger partial charge is 0.497 e. The molecule has 0 aliphatic carbocycles. The van der Waals surface area contributed by atoms with Crippen LogP contribution in [0.2, 0.25) is 0 Å². The molecular weight excluding hydrogens is 339 g/mol. The van der Waals surface area contributed by atoms with Crippen LogP contribution in [0.5, 0.6) is 11.5 Å². The molecule has 2 aromatic carbocycles. The molecule has 0 aromatic heterocycles. The van der Waals surface area contributed by atoms with Crippen molar-refractivity contribution in [1.29, 1.82) is 0 Å². The van der Waals surface area contributed by atoms with Crippen LogP contribution in [0.4, 0.5) is 0 Å². The minimum absolute atomic E-state index is 0.220. The van der Waals surface area contributed by atoms with Crippen LogP contribution in [0, 0.1) is 14.1 Å². The fourth-order valence-electron chi connectivity index (χ4n) is 1.65. The van der Waals surface area contributed by atoms with Crippen LogP contribution < -0.4 is 30.7 Å². The number of benzene rings is 2. The Labute approximate surface area is 118 Å². The fraction of sp³-hybridized carbons (Fsp3) is 0.200. The van der Waals surface area contributed by atoms with Gasteiger partial charge in [-0.3, -0.25) is 0 Å². The minimum Gasteiger partial charge on any atom is -0.497 e. The lowest BCUT2D eigenvalue weighted by Crippen LogP contribution is -3.61. The van der Waals surface area contributed by atoms with Gasteiger partial charge in [0.25, 0.3) is 0 Å². The van der Waals surface area contributed by atoms with E-state index in [9.17, 15) is 0 Å². The molecule has 3 heteroatoms. The Morgan fingerprint density at radius 2 is 1.67 bits per heavy atom. The molecule has 0 saturated heterocycles. The Bertz CT molecular complexity index is 538. The van der Waals surface area contributed by atoms with Gasteiger partial charge < -0.3 is 9.47 Å². The number of ether oxygens (including phenoxy) is 2. The Kier molecular flexibility index (Phi) is 4.47. The zero-order valence-corrected chi connectivity index (χ0v) is 12.9. The van der Waals surface area contributed by atoms with Crippen LogP contribution in [0.15, 0.2) is 42.5 Å². The van der Waals surface area contributed by atoms with Gasteiger partial charge in [-0.2, -0.15) is 0 Å². The topological polar surface area (TPSA) is 18.5 Å². The van der Waals surface area contributed by atoms with Crippen LogP contribution in [0.25, 0.3) is 0 Å². The highest BCUT2D eigenvalue weighted by Crippen LogP contribution is 2.12. The molecule has 0 N–H and O–H groups in total. The molecule has 0 spiro atoms. The normalized spacial score (nSPS) is 10.2. The Morgan fingerprint density at radius 1 is 0.889 bits per heavy atom. The summed E-state index contributed by atoms with van der Waals surface area (Å²) >= 11 is -0.220. The average molecular weight is 355 g/mol. The molecule has 0 amide bonds. The van der Waals surface area contributed by atoms with E-state index in [4.69, 9.17) is 9.47 Å². The fourth-order valence-corrected chi connectivity index (χ4v) is 4.27. The SMILES string of the molecule is COc1ccc([I+]c2ccccc2OC)c(C)c1. The quantitative estimate of drug-likeness (QED) is 0.727. The summed E-state index contributed by atoms with van der Waals surface area (Å²) in [5, 5.41) is 0. The number of hydrogen-bond acceptors (Lipinski definition) is 2. The molecule has 0 aliphatic heterocycles. The second-order valence-corrected chi connectivity index (χ2v) is 6.71. The first-order valence-corrected chi connectivity index (χ1v) is 7.83. The van der Waals surface area contributed by atoms with E-state index in [1.54, 1.807) is 14.2 Å². The lowest BCUT2D eigenvalue weighted by molar-refractivity contribution is -0.598. The highest BCUT2D eigenvalue weighted by Gasteiger charge is 2.22. The molecular formula is C15H16IO2+. The van der Waals surface area contributed by atoms with Crippen molar-refractivity contribution < 1.29 is 30.7 Å². The number of methoxy groups -OCH3 is 2. The first kappa shape index (κ1) is 13.2. The zero-order chi connectivity index (χ0) is 13.0. The average Bonchev–Trinajstić information content (AvgIpc) is 2.41. The van der Waals surface area contributed by atoms with Crippen molar-refractivity contribution in [3.05, 3.63) is 55.2 Å². The molecule has 2 nitrogen and oxygen atoms in total. The van der Waals surface area contributed by atoms with Crippen molar-refractivity contribution >= 4 is 0 Å². The van der Waals surface area contributed by atoms with Gasteiger partial charge in [-0.05, 0) is 37.3 Å². The Hall–Kier alpha value is -1.23. The summed E-state index contributed by atoms with van der Waals surface area (Å²) in [5.41, 5.74) is 1.29. The van der Waals surface area contributed by atoms with E-state index < -0.39 is 0 Å². The highest BCUT2D eigenvalue weighted by atomic mass is 127. The monoisotopic (exact) mass is 355 g/mol. The zero-order valence-electron chi connectivity index (χ0n) is 10.7. The number of hydrogen-bond donors (Lipinski definition) is 0. The van der Waals surface area contributed by atoms with Crippen molar-refractivity contribution in [1.82, 2.24) is 0 Å². The third-order valence-electron chi connectivity index (χ3n) is 2.63. The molecule has 0 radical (unpaired) electrons. The molecule has 18 heavy (non-hydrogen) atoms. The standard InChI is InChI=1S/C15H16IO2/c1-11-10-12(17-2)8-9-13(11)16-14-6-4-5-7-15(14)18-3/h4-10H,1-3H3/q+1. The molecule has 0 atom stereocenters. The molecule has 0 saturated carbocycles. The van der Waals surface area contributed by atoms with Crippen molar-refractivity contribution in [2.75, 3.05) is 14.2 Å². The summed E-state index contributed by atoms with van der Waals surface area (Å²) < 4.78 is 13.4. The third-order valence-corrected chi connectivity index (χ3v) is 5.89. The predicted molar refractivity (Wildman–Crippen MR) is 68.1 cm³/mol. The molecule has 0 heterocycles. The van der Waals surface area contributed by atoms with E-state index in [0.29, 0.717) is 0 Å². The Balaban J connectivity index is 2.28. The third kappa shape index (κ3) is 2.96. The van der Waals surface area contributed by atoms with Gasteiger partial charge >= 0.3 is 21.2 Å². The summed E-state index contributed by atoms with van der Waals surface area (Å²) in [6.45, 7) is 2.13. The van der Waals surface area contributed by atoms with Gasteiger partial charge in [-0.25, -0.2) is 0 Å². The van der Waals surface area contributed by atoms with Crippen LogP contribution in [-0.2, 0) is 0 Å². The van der Waals surface area contributed by atoms with Gasteiger partial charge in [0.15, 0.2) is 9.32 Å². The van der Waals surface area contributed by atoms with E-state index in [2.05, 4.69) is 31.2 Å². The van der Waals surface area contributed by atoms with Gasteiger partial charge in [0, 0.05) is 5.56 Å². The lowest BCUT2D eigenvalue weighted by atomic mass is 10.2. The number of halogens is 1. The van der Waals surface area contributed by atoms with E-state index in [-0.39, 0.29) is 21.2 Å². The summed E-state index contributed by atoms with van der Waals surface area (Å²) in [6.07, 6.45) is 0. The number of rotatable bonds is 4. The second-order valence-electron chi connectivity index (χ2n) is 3.84. The molecule has 2 aromatic rings. The first-order chi connectivity index (χ1) is 8.74. The van der Waals surface area contributed by atoms with Crippen LogP contribution in [0.1, 0.15) is 5.56 Å². The van der Waals surface area contributed by atoms with E-state index in [1.165, 1.54) is 12.7 Å².